The number of rotatable bonds is 9. The molecular weight excluding hydrogens is 410 g/mol. The molecule has 1 aliphatic carbocycles. The number of nitrogens with zero attached hydrogens (tertiary/aromatic N) is 3. The molecule has 1 aliphatic rings. The van der Waals surface area contributed by atoms with Gasteiger partial charge in [-0.15, -0.1) is 0 Å². The third kappa shape index (κ3) is 4.67. The fourth-order valence-corrected chi connectivity index (χ4v) is 5.41. The fourth-order valence-electron chi connectivity index (χ4n) is 3.89. The molecule has 3 aromatic rings. The summed E-state index contributed by atoms with van der Waals surface area (Å²) in [5.74, 6) is -0.137. The average molecular weight is 440 g/mol. The molecule has 31 heavy (non-hydrogen) atoms. The highest BCUT2D eigenvalue weighted by molar-refractivity contribution is 7.89. The number of hydrogen-bond acceptors (Lipinski definition) is 3. The normalized spacial score (nSPS) is 14.3. The molecule has 1 saturated carbocycles. The number of benzene rings is 2. The highest BCUT2D eigenvalue weighted by Crippen LogP contribution is 2.29. The summed E-state index contributed by atoms with van der Waals surface area (Å²) in [7, 11) is -1.82. The number of aromatic nitrogens is 1. The fraction of sp³-hybridized carbons (Fsp3) is 0.375. The first-order valence-electron chi connectivity index (χ1n) is 10.8. The van der Waals surface area contributed by atoms with E-state index in [1.165, 1.54) is 4.31 Å². The van der Waals surface area contributed by atoms with Crippen LogP contribution in [-0.4, -0.2) is 47.2 Å². The molecule has 7 heteroatoms. The van der Waals surface area contributed by atoms with Gasteiger partial charge in [0, 0.05) is 31.5 Å². The quantitative estimate of drug-likeness (QED) is 0.510. The Morgan fingerprint density at radius 3 is 2.45 bits per heavy atom. The zero-order valence-corrected chi connectivity index (χ0v) is 18.9. The van der Waals surface area contributed by atoms with Gasteiger partial charge in [0.05, 0.1) is 18.0 Å². The van der Waals surface area contributed by atoms with Crippen molar-refractivity contribution in [3.05, 3.63) is 66.5 Å². The molecule has 0 radical (unpaired) electrons. The molecule has 0 aliphatic heterocycles. The predicted molar refractivity (Wildman–Crippen MR) is 122 cm³/mol. The Bertz CT molecular complexity index is 1180. The largest absolute Gasteiger partial charge is 0.353 e. The standard InChI is InChI=1S/C24H29N3O3S/c1-3-14-26(31(29,30)23-13-10-19-7-4-5-8-20(19)16-23)18-24(28)27(21-11-12-21)17-22-9-6-15-25(22)2/h4-10,13,15-16,21H,3,11-12,14,17-18H2,1-2H3. The van der Waals surface area contributed by atoms with Gasteiger partial charge >= 0.3 is 0 Å². The third-order valence-electron chi connectivity index (χ3n) is 5.83. The Hall–Kier alpha value is -2.64. The summed E-state index contributed by atoms with van der Waals surface area (Å²) >= 11 is 0. The predicted octanol–water partition coefficient (Wildman–Crippen LogP) is 3.77. The van der Waals surface area contributed by atoms with E-state index >= 15 is 0 Å². The topological polar surface area (TPSA) is 62.6 Å². The van der Waals surface area contributed by atoms with Crippen LogP contribution >= 0.6 is 0 Å². The molecule has 1 amide bonds. The highest BCUT2D eigenvalue weighted by Gasteiger charge is 2.35. The molecule has 1 fully saturated rings. The smallest absolute Gasteiger partial charge is 0.243 e. The van der Waals surface area contributed by atoms with Gasteiger partial charge in [0.15, 0.2) is 0 Å². The van der Waals surface area contributed by atoms with Gasteiger partial charge in [-0.25, -0.2) is 8.42 Å². The van der Waals surface area contributed by atoms with E-state index < -0.39 is 10.0 Å². The number of hydrogen-bond donors (Lipinski definition) is 0. The molecule has 0 saturated heterocycles. The zero-order chi connectivity index (χ0) is 22.0. The lowest BCUT2D eigenvalue weighted by molar-refractivity contribution is -0.132. The number of carbonyl (C=O) groups is 1. The summed E-state index contributed by atoms with van der Waals surface area (Å²) in [4.78, 5) is 15.3. The Labute approximate surface area is 184 Å². The minimum absolute atomic E-state index is 0.135. The molecule has 0 N–H and O–H groups in total. The van der Waals surface area contributed by atoms with E-state index in [0.29, 0.717) is 19.5 Å². The molecule has 0 spiro atoms. The van der Waals surface area contributed by atoms with Crippen molar-refractivity contribution >= 4 is 26.7 Å². The minimum atomic E-state index is -3.78. The number of aryl methyl sites for hydroxylation is 1. The van der Waals surface area contributed by atoms with Crippen molar-refractivity contribution in [3.63, 3.8) is 0 Å². The van der Waals surface area contributed by atoms with Crippen LogP contribution in [0.5, 0.6) is 0 Å². The number of fused-ring (bicyclic) bond motifs is 1. The maximum Gasteiger partial charge on any atom is 0.243 e. The van der Waals surface area contributed by atoms with Crippen LogP contribution in [0.4, 0.5) is 0 Å². The van der Waals surface area contributed by atoms with Crippen molar-refractivity contribution in [2.24, 2.45) is 7.05 Å². The van der Waals surface area contributed by atoms with Gasteiger partial charge in [-0.3, -0.25) is 4.79 Å². The second-order valence-electron chi connectivity index (χ2n) is 8.21. The molecule has 4 rings (SSSR count). The van der Waals surface area contributed by atoms with Crippen LogP contribution in [0.25, 0.3) is 10.8 Å². The zero-order valence-electron chi connectivity index (χ0n) is 18.1. The minimum Gasteiger partial charge on any atom is -0.353 e. The summed E-state index contributed by atoms with van der Waals surface area (Å²) in [5, 5.41) is 1.86. The van der Waals surface area contributed by atoms with Gasteiger partial charge in [-0.1, -0.05) is 37.3 Å². The molecule has 164 valence electrons. The lowest BCUT2D eigenvalue weighted by Crippen LogP contribution is -2.44. The highest BCUT2D eigenvalue weighted by atomic mass is 32.2. The van der Waals surface area contributed by atoms with Crippen LogP contribution < -0.4 is 0 Å². The second-order valence-corrected chi connectivity index (χ2v) is 10.1. The van der Waals surface area contributed by atoms with Crippen LogP contribution in [0.15, 0.2) is 65.7 Å². The van der Waals surface area contributed by atoms with Crippen molar-refractivity contribution in [1.82, 2.24) is 13.8 Å². The van der Waals surface area contributed by atoms with Crippen molar-refractivity contribution in [1.29, 1.82) is 0 Å². The van der Waals surface area contributed by atoms with Gasteiger partial charge in [-0.2, -0.15) is 4.31 Å². The van der Waals surface area contributed by atoms with E-state index in [1.807, 2.05) is 72.1 Å². The van der Waals surface area contributed by atoms with Crippen molar-refractivity contribution < 1.29 is 13.2 Å². The van der Waals surface area contributed by atoms with E-state index in [9.17, 15) is 13.2 Å². The monoisotopic (exact) mass is 439 g/mol. The first-order chi connectivity index (χ1) is 14.9. The van der Waals surface area contributed by atoms with Crippen LogP contribution in [0.3, 0.4) is 0 Å². The van der Waals surface area contributed by atoms with Gasteiger partial charge in [0.1, 0.15) is 0 Å². The Morgan fingerprint density at radius 1 is 1.06 bits per heavy atom. The molecular formula is C24H29N3O3S. The maximum atomic E-state index is 13.4. The van der Waals surface area contributed by atoms with Gasteiger partial charge in [-0.05, 0) is 54.3 Å². The third-order valence-corrected chi connectivity index (χ3v) is 7.68. The van der Waals surface area contributed by atoms with Crippen molar-refractivity contribution in [2.75, 3.05) is 13.1 Å². The summed E-state index contributed by atoms with van der Waals surface area (Å²) in [6.45, 7) is 2.60. The van der Waals surface area contributed by atoms with Gasteiger partial charge in [0.2, 0.25) is 15.9 Å². The number of carbonyl (C=O) groups excluding carboxylic acids is 1. The summed E-state index contributed by atoms with van der Waals surface area (Å²) in [5.41, 5.74) is 1.04. The van der Waals surface area contributed by atoms with E-state index in [4.69, 9.17) is 0 Å². The summed E-state index contributed by atoms with van der Waals surface area (Å²) in [6, 6.07) is 17.0. The van der Waals surface area contributed by atoms with Crippen LogP contribution in [-0.2, 0) is 28.4 Å². The van der Waals surface area contributed by atoms with E-state index in [-0.39, 0.29) is 23.4 Å². The number of amides is 1. The Balaban J connectivity index is 1.58. The number of sulfonamides is 1. The van der Waals surface area contributed by atoms with Gasteiger partial charge < -0.3 is 9.47 Å². The van der Waals surface area contributed by atoms with Crippen LogP contribution in [0.2, 0.25) is 0 Å². The molecule has 6 nitrogen and oxygen atoms in total. The van der Waals surface area contributed by atoms with Gasteiger partial charge in [0.25, 0.3) is 0 Å². The second kappa shape index (κ2) is 8.85. The van der Waals surface area contributed by atoms with Crippen LogP contribution in [0.1, 0.15) is 31.9 Å². The van der Waals surface area contributed by atoms with Crippen molar-refractivity contribution in [3.8, 4) is 0 Å². The SMILES string of the molecule is CCCN(CC(=O)N(Cc1cccn1C)C1CC1)S(=O)(=O)c1ccc2ccccc2c1. The van der Waals surface area contributed by atoms with E-state index in [1.54, 1.807) is 12.1 Å². The van der Waals surface area contributed by atoms with E-state index in [2.05, 4.69) is 0 Å². The molecule has 1 heterocycles. The van der Waals surface area contributed by atoms with E-state index in [0.717, 1.165) is 29.3 Å². The first-order valence-corrected chi connectivity index (χ1v) is 12.2. The lowest BCUT2D eigenvalue weighted by atomic mass is 10.1. The first kappa shape index (κ1) is 21.6. The van der Waals surface area contributed by atoms with Crippen LogP contribution in [0, 0.1) is 0 Å². The lowest BCUT2D eigenvalue weighted by Gasteiger charge is -2.27. The molecule has 0 unspecified atom stereocenters. The molecule has 0 bridgehead atoms. The Morgan fingerprint density at radius 2 is 1.81 bits per heavy atom. The maximum absolute atomic E-state index is 13.4. The molecule has 1 aromatic heterocycles. The Kier molecular flexibility index (Phi) is 6.16. The van der Waals surface area contributed by atoms with Crippen molar-refractivity contribution in [2.45, 2.75) is 43.7 Å². The molecule has 0 atom stereocenters. The average Bonchev–Trinajstić information content (AvgIpc) is 3.52. The summed E-state index contributed by atoms with van der Waals surface area (Å²) < 4.78 is 30.2. The molecule has 2 aromatic carbocycles. The summed E-state index contributed by atoms with van der Waals surface area (Å²) in [6.07, 6.45) is 4.54.